The van der Waals surface area contributed by atoms with Crippen LogP contribution in [0.2, 0.25) is 0 Å². The Morgan fingerprint density at radius 1 is 1.04 bits per heavy atom. The highest BCUT2D eigenvalue weighted by Gasteiger charge is 2.29. The van der Waals surface area contributed by atoms with Gasteiger partial charge in [0.1, 0.15) is 0 Å². The normalized spacial score (nSPS) is 18.7. The number of aliphatic hydroxyl groups is 1. The van der Waals surface area contributed by atoms with Gasteiger partial charge in [0.05, 0.1) is 11.8 Å². The molecular formula is C20H25N3O2. The van der Waals surface area contributed by atoms with E-state index in [4.69, 9.17) is 5.10 Å². The van der Waals surface area contributed by atoms with Crippen LogP contribution in [-0.4, -0.2) is 44.9 Å². The number of para-hydroxylation sites is 1. The van der Waals surface area contributed by atoms with Gasteiger partial charge in [-0.15, -0.1) is 0 Å². The Labute approximate surface area is 148 Å². The van der Waals surface area contributed by atoms with Gasteiger partial charge < -0.3 is 10.0 Å². The number of fused-ring (bicyclic) bond motifs is 1. The maximum absolute atomic E-state index is 13.1. The highest BCUT2D eigenvalue weighted by atomic mass is 16.3. The van der Waals surface area contributed by atoms with E-state index in [0.29, 0.717) is 31.6 Å². The molecule has 1 fully saturated rings. The number of piperidine rings is 1. The smallest absolute Gasteiger partial charge is 0.274 e. The summed E-state index contributed by atoms with van der Waals surface area (Å²) in [5.74, 6) is 0.0275. The molecule has 0 atom stereocenters. The highest BCUT2D eigenvalue weighted by molar-refractivity contribution is 5.94. The third-order valence-corrected chi connectivity index (χ3v) is 5.39. The van der Waals surface area contributed by atoms with Crippen LogP contribution in [0.1, 0.15) is 53.8 Å². The van der Waals surface area contributed by atoms with Crippen LogP contribution in [0.3, 0.4) is 0 Å². The number of rotatable bonds is 2. The molecule has 0 unspecified atom stereocenters. The van der Waals surface area contributed by atoms with Crippen molar-refractivity contribution in [1.82, 2.24) is 14.7 Å². The van der Waals surface area contributed by atoms with Crippen LogP contribution in [0, 0.1) is 0 Å². The lowest BCUT2D eigenvalue weighted by Gasteiger charge is -2.29. The van der Waals surface area contributed by atoms with E-state index in [-0.39, 0.29) is 12.0 Å². The lowest BCUT2D eigenvalue weighted by Crippen LogP contribution is -2.40. The van der Waals surface area contributed by atoms with Crippen LogP contribution in [-0.2, 0) is 12.8 Å². The fourth-order valence-corrected chi connectivity index (χ4v) is 3.95. The van der Waals surface area contributed by atoms with Crippen LogP contribution < -0.4 is 0 Å². The molecule has 1 N–H and O–H groups in total. The van der Waals surface area contributed by atoms with Gasteiger partial charge >= 0.3 is 0 Å². The average Bonchev–Trinajstić information content (AvgIpc) is 2.84. The summed E-state index contributed by atoms with van der Waals surface area (Å²) >= 11 is 0. The number of carbonyl (C=O) groups is 1. The number of carbonyl (C=O) groups excluding carboxylic acids is 1. The predicted octanol–water partition coefficient (Wildman–Crippen LogP) is 2.74. The molecular weight excluding hydrogens is 314 g/mol. The summed E-state index contributed by atoms with van der Waals surface area (Å²) in [7, 11) is 0. The number of benzene rings is 1. The molecule has 1 saturated heterocycles. The van der Waals surface area contributed by atoms with Gasteiger partial charge in [-0.05, 0) is 50.7 Å². The largest absolute Gasteiger partial charge is 0.393 e. The van der Waals surface area contributed by atoms with E-state index >= 15 is 0 Å². The van der Waals surface area contributed by atoms with Gasteiger partial charge in [0.25, 0.3) is 5.91 Å². The molecule has 5 heteroatoms. The van der Waals surface area contributed by atoms with Gasteiger partial charge in [-0.25, -0.2) is 4.68 Å². The average molecular weight is 339 g/mol. The second-order valence-corrected chi connectivity index (χ2v) is 7.11. The lowest BCUT2D eigenvalue weighted by atomic mass is 10.0. The zero-order chi connectivity index (χ0) is 17.2. The van der Waals surface area contributed by atoms with Crippen LogP contribution in [0.25, 0.3) is 5.69 Å². The van der Waals surface area contributed by atoms with E-state index in [9.17, 15) is 9.90 Å². The zero-order valence-corrected chi connectivity index (χ0v) is 14.5. The first kappa shape index (κ1) is 16.3. The first-order chi connectivity index (χ1) is 12.2. The third kappa shape index (κ3) is 3.21. The molecule has 2 aromatic rings. The Bertz CT molecular complexity index is 746. The van der Waals surface area contributed by atoms with Gasteiger partial charge in [0.2, 0.25) is 0 Å². The standard InChI is InChI=1S/C20H25N3O2/c24-16-11-13-22(14-12-16)20(25)19-17-9-5-2-6-10-18(17)23(21-19)15-7-3-1-4-8-15/h1,3-4,7-8,16,24H,2,5-6,9-14H2. The number of aromatic nitrogens is 2. The number of nitrogens with zero attached hydrogens (tertiary/aromatic N) is 3. The number of aliphatic hydroxyl groups excluding tert-OH is 1. The summed E-state index contributed by atoms with van der Waals surface area (Å²) in [5, 5.41) is 14.5. The Balaban J connectivity index is 1.72. The molecule has 2 aliphatic rings. The molecule has 2 heterocycles. The summed E-state index contributed by atoms with van der Waals surface area (Å²) in [6.45, 7) is 1.24. The molecule has 132 valence electrons. The lowest BCUT2D eigenvalue weighted by molar-refractivity contribution is 0.0540. The molecule has 0 spiro atoms. The maximum Gasteiger partial charge on any atom is 0.274 e. The number of likely N-dealkylation sites (tertiary alicyclic amines) is 1. The minimum absolute atomic E-state index is 0.0275. The first-order valence-corrected chi connectivity index (χ1v) is 9.37. The van der Waals surface area contributed by atoms with Crippen molar-refractivity contribution >= 4 is 5.91 Å². The molecule has 1 amide bonds. The van der Waals surface area contributed by atoms with Gasteiger partial charge in [-0.1, -0.05) is 24.6 Å². The minimum Gasteiger partial charge on any atom is -0.393 e. The highest BCUT2D eigenvalue weighted by Crippen LogP contribution is 2.27. The minimum atomic E-state index is -0.275. The predicted molar refractivity (Wildman–Crippen MR) is 96.0 cm³/mol. The van der Waals surface area contributed by atoms with Crippen LogP contribution in [0.5, 0.6) is 0 Å². The SMILES string of the molecule is O=C(c1nn(-c2ccccc2)c2c1CCCCC2)N1CCC(O)CC1. The van der Waals surface area contributed by atoms with Crippen molar-refractivity contribution in [1.29, 1.82) is 0 Å². The van der Waals surface area contributed by atoms with E-state index in [1.165, 1.54) is 12.1 Å². The van der Waals surface area contributed by atoms with Crippen molar-refractivity contribution in [3.63, 3.8) is 0 Å². The van der Waals surface area contributed by atoms with Crippen molar-refractivity contribution in [3.05, 3.63) is 47.3 Å². The monoisotopic (exact) mass is 339 g/mol. The summed E-state index contributed by atoms with van der Waals surface area (Å²) in [6, 6.07) is 10.1. The molecule has 5 nitrogen and oxygen atoms in total. The summed E-state index contributed by atoms with van der Waals surface area (Å²) in [4.78, 5) is 15.0. The van der Waals surface area contributed by atoms with Crippen LogP contribution >= 0.6 is 0 Å². The molecule has 4 rings (SSSR count). The fourth-order valence-electron chi connectivity index (χ4n) is 3.95. The summed E-state index contributed by atoms with van der Waals surface area (Å²) in [5.41, 5.74) is 3.98. The van der Waals surface area contributed by atoms with Gasteiger partial charge in [-0.3, -0.25) is 4.79 Å². The molecule has 25 heavy (non-hydrogen) atoms. The zero-order valence-electron chi connectivity index (χ0n) is 14.5. The van der Waals surface area contributed by atoms with Crippen molar-refractivity contribution in [2.45, 2.75) is 51.0 Å². The number of hydrogen-bond acceptors (Lipinski definition) is 3. The molecule has 0 radical (unpaired) electrons. The molecule has 1 aliphatic heterocycles. The Morgan fingerprint density at radius 2 is 1.76 bits per heavy atom. The van der Waals surface area contributed by atoms with E-state index < -0.39 is 0 Å². The topological polar surface area (TPSA) is 58.4 Å². The van der Waals surface area contributed by atoms with Crippen molar-refractivity contribution in [2.24, 2.45) is 0 Å². The second-order valence-electron chi connectivity index (χ2n) is 7.11. The summed E-state index contributed by atoms with van der Waals surface area (Å²) < 4.78 is 1.98. The number of amides is 1. The maximum atomic E-state index is 13.1. The van der Waals surface area contributed by atoms with Crippen molar-refractivity contribution in [2.75, 3.05) is 13.1 Å². The molecule has 1 aliphatic carbocycles. The third-order valence-electron chi connectivity index (χ3n) is 5.39. The van der Waals surface area contributed by atoms with Gasteiger partial charge in [-0.2, -0.15) is 5.10 Å². The van der Waals surface area contributed by atoms with Crippen molar-refractivity contribution < 1.29 is 9.90 Å². The molecule has 0 bridgehead atoms. The van der Waals surface area contributed by atoms with E-state index in [0.717, 1.165) is 36.9 Å². The van der Waals surface area contributed by atoms with Gasteiger partial charge in [0, 0.05) is 24.3 Å². The Kier molecular flexibility index (Phi) is 4.57. The molecule has 0 saturated carbocycles. The quantitative estimate of drug-likeness (QED) is 0.856. The van der Waals surface area contributed by atoms with E-state index in [1.807, 2.05) is 39.9 Å². The first-order valence-electron chi connectivity index (χ1n) is 9.37. The molecule has 1 aromatic carbocycles. The van der Waals surface area contributed by atoms with Gasteiger partial charge in [0.15, 0.2) is 5.69 Å². The van der Waals surface area contributed by atoms with E-state index in [2.05, 4.69) is 0 Å². The Hall–Kier alpha value is -2.14. The van der Waals surface area contributed by atoms with E-state index in [1.54, 1.807) is 0 Å². The molecule has 1 aromatic heterocycles. The van der Waals surface area contributed by atoms with Crippen LogP contribution in [0.15, 0.2) is 30.3 Å². The Morgan fingerprint density at radius 3 is 2.52 bits per heavy atom. The van der Waals surface area contributed by atoms with Crippen LogP contribution in [0.4, 0.5) is 0 Å². The summed E-state index contributed by atoms with van der Waals surface area (Å²) in [6.07, 6.45) is 6.42. The van der Waals surface area contributed by atoms with Crippen molar-refractivity contribution in [3.8, 4) is 5.69 Å². The number of hydrogen-bond donors (Lipinski definition) is 1. The fraction of sp³-hybridized carbons (Fsp3) is 0.500. The second kappa shape index (κ2) is 7.00.